The van der Waals surface area contributed by atoms with Gasteiger partial charge in [-0.05, 0) is 43.7 Å². The number of anilines is 1. The average molecular weight is 373 g/mol. The topological polar surface area (TPSA) is 71.0 Å². The van der Waals surface area contributed by atoms with Gasteiger partial charge in [-0.1, -0.05) is 18.2 Å². The lowest BCUT2D eigenvalue weighted by molar-refractivity contribution is 0.194. The largest absolute Gasteiger partial charge is 0.481 e. The molecule has 138 valence electrons. The Kier molecular flexibility index (Phi) is 4.66. The number of benzene rings is 2. The van der Waals surface area contributed by atoms with Gasteiger partial charge in [-0.15, -0.1) is 0 Å². The maximum Gasteiger partial charge on any atom is 0.261 e. The molecule has 1 unspecified atom stereocenters. The van der Waals surface area contributed by atoms with Crippen molar-refractivity contribution in [2.45, 2.75) is 30.8 Å². The molecule has 0 bridgehead atoms. The molecule has 0 aliphatic carbocycles. The van der Waals surface area contributed by atoms with E-state index in [1.54, 1.807) is 47.6 Å². The molecule has 1 aliphatic heterocycles. The minimum absolute atomic E-state index is 0.234. The molecule has 0 amide bonds. The van der Waals surface area contributed by atoms with Crippen LogP contribution in [0.1, 0.15) is 18.1 Å². The van der Waals surface area contributed by atoms with Crippen LogP contribution in [0.25, 0.3) is 0 Å². The molecular formula is C19H23N3O3S. The van der Waals surface area contributed by atoms with Crippen molar-refractivity contribution in [2.24, 2.45) is 5.10 Å². The van der Waals surface area contributed by atoms with Gasteiger partial charge < -0.3 is 9.75 Å². The van der Waals surface area contributed by atoms with Gasteiger partial charge in [0.2, 0.25) is 0 Å². The summed E-state index contributed by atoms with van der Waals surface area (Å²) in [6, 6.07) is 11.9. The molecule has 0 saturated heterocycles. The first-order chi connectivity index (χ1) is 12.2. The molecule has 26 heavy (non-hydrogen) atoms. The van der Waals surface area contributed by atoms with Gasteiger partial charge in [0.05, 0.1) is 11.1 Å². The zero-order valence-corrected chi connectivity index (χ0v) is 16.2. The van der Waals surface area contributed by atoms with Crippen LogP contribution in [0.2, 0.25) is 0 Å². The second kappa shape index (κ2) is 6.64. The maximum absolute atomic E-state index is 12.5. The molecule has 0 aromatic heterocycles. The van der Waals surface area contributed by atoms with E-state index in [1.807, 2.05) is 34.0 Å². The molecule has 0 fully saturated rings. The number of nitrogens with one attached hydrogen (secondary N) is 1. The molecule has 2 aromatic carbocycles. The number of sulfonamides is 1. The van der Waals surface area contributed by atoms with E-state index in [1.165, 1.54) is 0 Å². The molecule has 0 spiro atoms. The lowest BCUT2D eigenvalue weighted by Gasteiger charge is -2.19. The monoisotopic (exact) mass is 373 g/mol. The quantitative estimate of drug-likeness (QED) is 0.646. The third-order valence-electron chi connectivity index (χ3n) is 4.10. The molecule has 7 heteroatoms. The van der Waals surface area contributed by atoms with E-state index < -0.39 is 15.6 Å². The first-order valence-corrected chi connectivity index (χ1v) is 9.80. The fourth-order valence-corrected chi connectivity index (χ4v) is 4.02. The summed E-state index contributed by atoms with van der Waals surface area (Å²) in [7, 11) is 0.0802. The van der Waals surface area contributed by atoms with Crippen molar-refractivity contribution in [3.05, 3.63) is 53.6 Å². The van der Waals surface area contributed by atoms with E-state index in [9.17, 15) is 8.42 Å². The SMILES string of the molecule is Cc1cc(NS(=O)(=O)c2ccccc2)cc2c1OC(C)(/C=N/N(C)C)C2. The van der Waals surface area contributed by atoms with Crippen LogP contribution in [0.5, 0.6) is 5.75 Å². The summed E-state index contributed by atoms with van der Waals surface area (Å²) >= 11 is 0. The standard InChI is InChI=1S/C19H23N3O3S/c1-14-10-16(21-26(23,24)17-8-6-5-7-9-17)11-15-12-19(2,25-18(14)15)13-20-22(3)4/h5-11,13,21H,12H2,1-4H3/b20-13+. The van der Waals surface area contributed by atoms with Crippen molar-refractivity contribution in [3.8, 4) is 5.75 Å². The Morgan fingerprint density at radius 1 is 1.23 bits per heavy atom. The van der Waals surface area contributed by atoms with Crippen LogP contribution in [0.3, 0.4) is 0 Å². The Morgan fingerprint density at radius 2 is 1.92 bits per heavy atom. The summed E-state index contributed by atoms with van der Waals surface area (Å²) < 4.78 is 33.8. The zero-order valence-electron chi connectivity index (χ0n) is 15.4. The summed E-state index contributed by atoms with van der Waals surface area (Å²) in [6.45, 7) is 3.88. The minimum Gasteiger partial charge on any atom is -0.481 e. The van der Waals surface area contributed by atoms with Gasteiger partial charge in [0.25, 0.3) is 10.0 Å². The van der Waals surface area contributed by atoms with E-state index in [0.717, 1.165) is 16.9 Å². The smallest absolute Gasteiger partial charge is 0.261 e. The van der Waals surface area contributed by atoms with Gasteiger partial charge in [-0.3, -0.25) is 4.72 Å². The molecule has 1 aliphatic rings. The highest BCUT2D eigenvalue weighted by Gasteiger charge is 2.35. The Labute approximate surface area is 154 Å². The Bertz CT molecular complexity index is 940. The third kappa shape index (κ3) is 3.83. The number of fused-ring (bicyclic) bond motifs is 1. The highest BCUT2D eigenvalue weighted by molar-refractivity contribution is 7.92. The van der Waals surface area contributed by atoms with E-state index >= 15 is 0 Å². The number of rotatable bonds is 5. The summed E-state index contributed by atoms with van der Waals surface area (Å²) in [5, 5.41) is 6.00. The van der Waals surface area contributed by atoms with Crippen LogP contribution < -0.4 is 9.46 Å². The lowest BCUT2D eigenvalue weighted by atomic mass is 9.99. The van der Waals surface area contributed by atoms with Crippen molar-refractivity contribution in [3.63, 3.8) is 0 Å². The summed E-state index contributed by atoms with van der Waals surface area (Å²) in [5.41, 5.74) is 1.83. The Hall–Kier alpha value is -2.54. The van der Waals surface area contributed by atoms with Gasteiger partial charge in [-0.2, -0.15) is 5.10 Å². The van der Waals surface area contributed by atoms with Crippen LogP contribution in [0, 0.1) is 6.92 Å². The molecule has 2 aromatic rings. The molecule has 1 N–H and O–H groups in total. The molecule has 1 atom stereocenters. The minimum atomic E-state index is -3.62. The highest BCUT2D eigenvalue weighted by Crippen LogP contribution is 2.39. The fourth-order valence-electron chi connectivity index (χ4n) is 2.95. The number of hydrogen-bond acceptors (Lipinski definition) is 5. The molecule has 0 saturated carbocycles. The maximum atomic E-state index is 12.5. The molecule has 3 rings (SSSR count). The number of nitrogens with zero attached hydrogens (tertiary/aromatic N) is 2. The van der Waals surface area contributed by atoms with E-state index in [4.69, 9.17) is 4.74 Å². The van der Waals surface area contributed by atoms with Crippen LogP contribution >= 0.6 is 0 Å². The van der Waals surface area contributed by atoms with Crippen molar-refractivity contribution < 1.29 is 13.2 Å². The van der Waals surface area contributed by atoms with E-state index in [2.05, 4.69) is 9.82 Å². The van der Waals surface area contributed by atoms with Gasteiger partial charge in [0.1, 0.15) is 11.4 Å². The van der Waals surface area contributed by atoms with Gasteiger partial charge in [0.15, 0.2) is 0 Å². The fraction of sp³-hybridized carbons (Fsp3) is 0.316. The second-order valence-corrected chi connectivity index (χ2v) is 8.57. The van der Waals surface area contributed by atoms with Crippen molar-refractivity contribution in [1.82, 2.24) is 5.01 Å². The van der Waals surface area contributed by atoms with Gasteiger partial charge in [-0.25, -0.2) is 8.42 Å². The number of hydrazone groups is 1. The lowest BCUT2D eigenvalue weighted by Crippen LogP contribution is -2.33. The zero-order chi connectivity index (χ0) is 18.9. The van der Waals surface area contributed by atoms with Crippen molar-refractivity contribution >= 4 is 21.9 Å². The van der Waals surface area contributed by atoms with Crippen LogP contribution in [0.15, 0.2) is 52.5 Å². The predicted octanol–water partition coefficient (Wildman–Crippen LogP) is 3.04. The molecular weight excluding hydrogens is 350 g/mol. The Morgan fingerprint density at radius 3 is 2.58 bits per heavy atom. The summed E-state index contributed by atoms with van der Waals surface area (Å²) in [5.74, 6) is 0.792. The number of ether oxygens (including phenoxy) is 1. The predicted molar refractivity (Wildman–Crippen MR) is 103 cm³/mol. The summed E-state index contributed by atoms with van der Waals surface area (Å²) in [6.07, 6.45) is 2.40. The van der Waals surface area contributed by atoms with Crippen LogP contribution in [-0.2, 0) is 16.4 Å². The van der Waals surface area contributed by atoms with Crippen molar-refractivity contribution in [2.75, 3.05) is 18.8 Å². The normalized spacial score (nSPS) is 19.2. The third-order valence-corrected chi connectivity index (χ3v) is 5.49. The highest BCUT2D eigenvalue weighted by atomic mass is 32.2. The second-order valence-electron chi connectivity index (χ2n) is 6.88. The van der Waals surface area contributed by atoms with Gasteiger partial charge >= 0.3 is 0 Å². The van der Waals surface area contributed by atoms with E-state index in [0.29, 0.717) is 12.1 Å². The first-order valence-electron chi connectivity index (χ1n) is 8.31. The number of aryl methyl sites for hydroxylation is 1. The molecule has 0 radical (unpaired) electrons. The Balaban J connectivity index is 1.88. The van der Waals surface area contributed by atoms with E-state index in [-0.39, 0.29) is 4.90 Å². The van der Waals surface area contributed by atoms with Crippen LogP contribution in [0.4, 0.5) is 5.69 Å². The summed E-state index contributed by atoms with van der Waals surface area (Å²) in [4.78, 5) is 0.234. The first kappa shape index (κ1) is 18.3. The van der Waals surface area contributed by atoms with Crippen LogP contribution in [-0.4, -0.2) is 39.3 Å². The average Bonchev–Trinajstić information content (AvgIpc) is 2.91. The van der Waals surface area contributed by atoms with Gasteiger partial charge in [0, 0.05) is 31.8 Å². The molecule has 1 heterocycles. The van der Waals surface area contributed by atoms with Crippen molar-refractivity contribution in [1.29, 1.82) is 0 Å². The molecule has 6 nitrogen and oxygen atoms in total. The number of hydrogen-bond donors (Lipinski definition) is 1.